The number of halogens is 2. The first-order valence-corrected chi connectivity index (χ1v) is 10.1. The zero-order valence-corrected chi connectivity index (χ0v) is 18.0. The van der Waals surface area contributed by atoms with Crippen LogP contribution in [0.1, 0.15) is 33.8 Å². The largest absolute Gasteiger partial charge is 0.495 e. The number of benzene rings is 3. The van der Waals surface area contributed by atoms with Crippen molar-refractivity contribution in [2.75, 3.05) is 13.7 Å². The highest BCUT2D eigenvalue weighted by molar-refractivity contribution is 6.42. The molecular formula is C23H18Cl2N2O4. The Labute approximate surface area is 189 Å². The number of carbonyl (C=O) groups excluding carboxylic acids is 1. The number of rotatable bonds is 7. The topological polar surface area (TPSA) is 99.4 Å². The van der Waals surface area contributed by atoms with Crippen LogP contribution in [0.15, 0.2) is 48.5 Å². The highest BCUT2D eigenvalue weighted by Crippen LogP contribution is 2.32. The molecule has 3 aromatic rings. The molecule has 0 aliphatic carbocycles. The Bertz CT molecular complexity index is 1200. The lowest BCUT2D eigenvalue weighted by molar-refractivity contribution is -0.137. The van der Waals surface area contributed by atoms with Crippen molar-refractivity contribution >= 4 is 45.9 Å². The van der Waals surface area contributed by atoms with Gasteiger partial charge in [-0.2, -0.15) is 5.26 Å². The van der Waals surface area contributed by atoms with Crippen molar-refractivity contribution in [3.05, 3.63) is 75.3 Å². The molecule has 2 N–H and O–H groups in total. The second kappa shape index (κ2) is 9.69. The van der Waals surface area contributed by atoms with Gasteiger partial charge in [-0.3, -0.25) is 9.59 Å². The summed E-state index contributed by atoms with van der Waals surface area (Å²) in [4.78, 5) is 24.5. The van der Waals surface area contributed by atoms with E-state index in [4.69, 9.17) is 27.9 Å². The number of carbonyl (C=O) groups is 2. The average molecular weight is 457 g/mol. The summed E-state index contributed by atoms with van der Waals surface area (Å²) in [5.74, 6) is -1.85. The molecule has 6 nitrogen and oxygen atoms in total. The molecule has 0 saturated carbocycles. The summed E-state index contributed by atoms with van der Waals surface area (Å²) >= 11 is 12.0. The fraction of sp³-hybridized carbons (Fsp3) is 0.174. The molecule has 0 saturated heterocycles. The minimum absolute atomic E-state index is 0.0390. The van der Waals surface area contributed by atoms with Gasteiger partial charge < -0.3 is 15.2 Å². The number of nitrogens with zero attached hydrogens (tertiary/aromatic N) is 1. The quantitative estimate of drug-likeness (QED) is 0.519. The molecule has 0 fully saturated rings. The van der Waals surface area contributed by atoms with E-state index in [1.165, 1.54) is 7.11 Å². The van der Waals surface area contributed by atoms with Crippen LogP contribution >= 0.6 is 23.2 Å². The first-order valence-electron chi connectivity index (χ1n) is 9.30. The normalized spacial score (nSPS) is 11.5. The predicted octanol–water partition coefficient (Wildman–Crippen LogP) is 5.02. The van der Waals surface area contributed by atoms with Crippen molar-refractivity contribution in [2.24, 2.45) is 0 Å². The van der Waals surface area contributed by atoms with E-state index >= 15 is 0 Å². The van der Waals surface area contributed by atoms with Crippen LogP contribution in [-0.2, 0) is 4.79 Å². The van der Waals surface area contributed by atoms with Crippen molar-refractivity contribution < 1.29 is 19.4 Å². The molecule has 3 rings (SSSR count). The van der Waals surface area contributed by atoms with Gasteiger partial charge in [0.2, 0.25) is 0 Å². The summed E-state index contributed by atoms with van der Waals surface area (Å²) in [6, 6.07) is 15.7. The molecule has 8 heteroatoms. The van der Waals surface area contributed by atoms with Crippen molar-refractivity contribution in [2.45, 2.75) is 12.3 Å². The molecule has 1 amide bonds. The molecule has 0 bridgehead atoms. The molecule has 31 heavy (non-hydrogen) atoms. The van der Waals surface area contributed by atoms with Gasteiger partial charge in [-0.15, -0.1) is 0 Å². The lowest BCUT2D eigenvalue weighted by Crippen LogP contribution is -2.30. The molecule has 1 atom stereocenters. The fourth-order valence-electron chi connectivity index (χ4n) is 3.44. The number of ether oxygens (including phenoxy) is 1. The number of hydrogen-bond acceptors (Lipinski definition) is 4. The van der Waals surface area contributed by atoms with E-state index in [2.05, 4.69) is 11.4 Å². The van der Waals surface area contributed by atoms with Gasteiger partial charge in [-0.05, 0) is 34.5 Å². The summed E-state index contributed by atoms with van der Waals surface area (Å²) in [5, 5.41) is 23.6. The lowest BCUT2D eigenvalue weighted by Gasteiger charge is -2.19. The Kier molecular flexibility index (Phi) is 7.01. The Balaban J connectivity index is 1.96. The monoisotopic (exact) mass is 456 g/mol. The summed E-state index contributed by atoms with van der Waals surface area (Å²) in [6.07, 6.45) is -0.214. The highest BCUT2D eigenvalue weighted by atomic mass is 35.5. The molecule has 3 aromatic carbocycles. The van der Waals surface area contributed by atoms with E-state index in [-0.39, 0.29) is 29.8 Å². The molecular weight excluding hydrogens is 439 g/mol. The maximum atomic E-state index is 13.2. The number of fused-ring (bicyclic) bond motifs is 1. The molecule has 0 radical (unpaired) electrons. The second-order valence-electron chi connectivity index (χ2n) is 6.84. The zero-order chi connectivity index (χ0) is 22.5. The Morgan fingerprint density at radius 3 is 2.55 bits per heavy atom. The van der Waals surface area contributed by atoms with Crippen molar-refractivity contribution in [3.8, 4) is 11.8 Å². The summed E-state index contributed by atoms with van der Waals surface area (Å²) in [6.45, 7) is 0.0390. The number of amides is 1. The maximum absolute atomic E-state index is 13.2. The summed E-state index contributed by atoms with van der Waals surface area (Å²) in [7, 11) is 1.39. The number of carboxylic acids is 1. The van der Waals surface area contributed by atoms with Gasteiger partial charge >= 0.3 is 5.97 Å². The average Bonchev–Trinajstić information content (AvgIpc) is 2.76. The van der Waals surface area contributed by atoms with E-state index in [9.17, 15) is 20.0 Å². The SMILES string of the molecule is COc1c(C#N)cc2ccccc2c1C(=O)NCC(CC(=O)O)c1ccc(Cl)c(Cl)c1. The molecule has 0 aliphatic heterocycles. The Morgan fingerprint density at radius 1 is 1.16 bits per heavy atom. The zero-order valence-electron chi connectivity index (χ0n) is 16.5. The van der Waals surface area contributed by atoms with E-state index in [0.717, 1.165) is 5.39 Å². The molecule has 0 heterocycles. The van der Waals surface area contributed by atoms with Gasteiger partial charge in [0.1, 0.15) is 11.8 Å². The van der Waals surface area contributed by atoms with Crippen LogP contribution in [0.2, 0.25) is 10.0 Å². The van der Waals surface area contributed by atoms with Crippen LogP contribution in [0.4, 0.5) is 0 Å². The van der Waals surface area contributed by atoms with Crippen LogP contribution in [0.25, 0.3) is 10.8 Å². The molecule has 1 unspecified atom stereocenters. The van der Waals surface area contributed by atoms with Crippen molar-refractivity contribution in [3.63, 3.8) is 0 Å². The van der Waals surface area contributed by atoms with E-state index in [1.807, 2.05) is 6.07 Å². The number of hydrogen-bond donors (Lipinski definition) is 2. The first kappa shape index (κ1) is 22.4. The molecule has 0 spiro atoms. The van der Waals surface area contributed by atoms with E-state index in [1.54, 1.807) is 42.5 Å². The lowest BCUT2D eigenvalue weighted by atomic mass is 9.95. The summed E-state index contributed by atoms with van der Waals surface area (Å²) in [5.41, 5.74) is 1.10. The van der Waals surface area contributed by atoms with Gasteiger partial charge in [0.05, 0.1) is 34.7 Å². The maximum Gasteiger partial charge on any atom is 0.304 e. The van der Waals surface area contributed by atoms with Crippen LogP contribution in [0, 0.1) is 11.3 Å². The molecule has 0 aliphatic rings. The highest BCUT2D eigenvalue weighted by Gasteiger charge is 2.23. The number of aliphatic carboxylic acids is 1. The Hall–Kier alpha value is -3.27. The first-order chi connectivity index (χ1) is 14.8. The molecule has 0 aromatic heterocycles. The van der Waals surface area contributed by atoms with Crippen LogP contribution in [-0.4, -0.2) is 30.6 Å². The standard InChI is InChI=1S/C23H18Cl2N2O4/c1-31-22-15(11-26)8-14-4-2-3-5-17(14)21(22)23(30)27-12-16(10-20(28)29)13-6-7-18(24)19(25)9-13/h2-9,16H,10,12H2,1H3,(H,27,30)(H,28,29). The number of nitrogens with one attached hydrogen (secondary N) is 1. The van der Waals surface area contributed by atoms with Crippen LogP contribution in [0.3, 0.4) is 0 Å². The third-order valence-electron chi connectivity index (χ3n) is 4.90. The number of methoxy groups -OCH3 is 1. The van der Waals surface area contributed by atoms with Crippen LogP contribution in [0.5, 0.6) is 5.75 Å². The van der Waals surface area contributed by atoms with Gasteiger partial charge in [-0.1, -0.05) is 53.5 Å². The predicted molar refractivity (Wildman–Crippen MR) is 119 cm³/mol. The van der Waals surface area contributed by atoms with E-state index in [0.29, 0.717) is 21.0 Å². The minimum atomic E-state index is -1.01. The Morgan fingerprint density at radius 2 is 1.90 bits per heavy atom. The van der Waals surface area contributed by atoms with Gasteiger partial charge in [0, 0.05) is 12.5 Å². The second-order valence-corrected chi connectivity index (χ2v) is 7.66. The third-order valence-corrected chi connectivity index (χ3v) is 5.64. The molecule has 158 valence electrons. The minimum Gasteiger partial charge on any atom is -0.495 e. The summed E-state index contributed by atoms with van der Waals surface area (Å²) < 4.78 is 5.37. The number of nitriles is 1. The van der Waals surface area contributed by atoms with Gasteiger partial charge in [-0.25, -0.2) is 0 Å². The van der Waals surface area contributed by atoms with Crippen LogP contribution < -0.4 is 10.1 Å². The van der Waals surface area contributed by atoms with Gasteiger partial charge in [0.25, 0.3) is 5.91 Å². The van der Waals surface area contributed by atoms with Crippen molar-refractivity contribution in [1.82, 2.24) is 5.32 Å². The third kappa shape index (κ3) is 4.91. The fourth-order valence-corrected chi connectivity index (χ4v) is 3.74. The van der Waals surface area contributed by atoms with Crippen molar-refractivity contribution in [1.29, 1.82) is 5.26 Å². The van der Waals surface area contributed by atoms with E-state index < -0.39 is 17.8 Å². The number of carboxylic acid groups (broad SMARTS) is 1. The smallest absolute Gasteiger partial charge is 0.304 e. The van der Waals surface area contributed by atoms with Gasteiger partial charge in [0.15, 0.2) is 0 Å².